The molecule has 3 heteroatoms. The van der Waals surface area contributed by atoms with Crippen molar-refractivity contribution in [1.29, 1.82) is 0 Å². The molecule has 0 aromatic carbocycles. The molecule has 2 unspecified atom stereocenters. The minimum atomic E-state index is 0.413. The number of allylic oxidation sites excluding steroid dienone is 2. The largest absolute Gasteiger partial charge is 0.147 e. The molecule has 1 aliphatic heterocycles. The van der Waals surface area contributed by atoms with Crippen molar-refractivity contribution in [2.45, 2.75) is 12.2 Å². The first-order valence-corrected chi connectivity index (χ1v) is 4.17. The maximum Gasteiger partial charge on any atom is 0.0902 e. The Hall–Kier alpha value is -0.570. The second-order valence-corrected chi connectivity index (χ2v) is 3.43. The first-order chi connectivity index (χ1) is 4.86. The quantitative estimate of drug-likeness (QED) is 0.386. The van der Waals surface area contributed by atoms with Gasteiger partial charge in [-0.1, -0.05) is 25.2 Å². The highest BCUT2D eigenvalue weighted by atomic mass is 32.2. The molecule has 0 spiro atoms. The molecule has 0 N–H and O–H groups in total. The van der Waals surface area contributed by atoms with Crippen molar-refractivity contribution in [3.63, 3.8) is 0 Å². The first kappa shape index (κ1) is 6.16. The highest BCUT2D eigenvalue weighted by molar-refractivity contribution is 7.99. The summed E-state index contributed by atoms with van der Waals surface area (Å²) in [6.07, 6.45) is 6.52. The summed E-state index contributed by atoms with van der Waals surface area (Å²) in [7, 11) is 0. The summed E-state index contributed by atoms with van der Waals surface area (Å²) in [6, 6.07) is 0. The SMILES string of the molecule is CC1C=CC2SN=NC2=C1. The predicted octanol–water partition coefficient (Wildman–Crippen LogP) is 2.56. The van der Waals surface area contributed by atoms with Crippen LogP contribution in [-0.4, -0.2) is 5.25 Å². The number of nitrogens with zero attached hydrogens (tertiary/aromatic N) is 2. The molecule has 2 aliphatic rings. The van der Waals surface area contributed by atoms with Crippen LogP contribution in [0.4, 0.5) is 0 Å². The van der Waals surface area contributed by atoms with Crippen molar-refractivity contribution in [2.24, 2.45) is 15.6 Å². The Bertz CT molecular complexity index is 230. The average molecular weight is 152 g/mol. The summed E-state index contributed by atoms with van der Waals surface area (Å²) >= 11 is 1.53. The molecule has 2 rings (SSSR count). The van der Waals surface area contributed by atoms with Crippen molar-refractivity contribution in [3.8, 4) is 0 Å². The molecule has 2 atom stereocenters. The Morgan fingerprint density at radius 2 is 2.40 bits per heavy atom. The zero-order valence-corrected chi connectivity index (χ0v) is 6.51. The molecule has 10 heavy (non-hydrogen) atoms. The van der Waals surface area contributed by atoms with Crippen LogP contribution in [0, 0.1) is 5.92 Å². The van der Waals surface area contributed by atoms with Crippen molar-refractivity contribution in [3.05, 3.63) is 23.9 Å². The van der Waals surface area contributed by atoms with Crippen molar-refractivity contribution in [2.75, 3.05) is 0 Å². The highest BCUT2D eigenvalue weighted by Gasteiger charge is 2.20. The molecule has 1 heterocycles. The Labute approximate surface area is 64.2 Å². The van der Waals surface area contributed by atoms with Gasteiger partial charge in [0.2, 0.25) is 0 Å². The fraction of sp³-hybridized carbons (Fsp3) is 0.429. The van der Waals surface area contributed by atoms with E-state index < -0.39 is 0 Å². The lowest BCUT2D eigenvalue weighted by atomic mass is 10.0. The average Bonchev–Trinajstić information content (AvgIpc) is 2.33. The van der Waals surface area contributed by atoms with Gasteiger partial charge in [-0.25, -0.2) is 0 Å². The van der Waals surface area contributed by atoms with E-state index in [4.69, 9.17) is 0 Å². The predicted molar refractivity (Wildman–Crippen MR) is 42.6 cm³/mol. The lowest BCUT2D eigenvalue weighted by Gasteiger charge is -2.09. The smallest absolute Gasteiger partial charge is 0.0902 e. The molecule has 52 valence electrons. The first-order valence-electron chi connectivity index (χ1n) is 3.33. The highest BCUT2D eigenvalue weighted by Crippen LogP contribution is 2.34. The van der Waals surface area contributed by atoms with Crippen LogP contribution >= 0.6 is 11.9 Å². The standard InChI is InChI=1S/C7H8N2S/c1-5-2-3-7-6(4-5)8-9-10-7/h2-5,7H,1H3. The van der Waals surface area contributed by atoms with Gasteiger partial charge in [-0.2, -0.15) is 0 Å². The van der Waals surface area contributed by atoms with E-state index in [9.17, 15) is 0 Å². The molecular formula is C7H8N2S. The summed E-state index contributed by atoms with van der Waals surface area (Å²) in [5, 5.41) is 4.42. The second-order valence-electron chi connectivity index (χ2n) is 2.54. The van der Waals surface area contributed by atoms with Crippen molar-refractivity contribution >= 4 is 11.9 Å². The summed E-state index contributed by atoms with van der Waals surface area (Å²) in [5.41, 5.74) is 1.13. The lowest BCUT2D eigenvalue weighted by molar-refractivity contribution is 0.883. The molecule has 1 aliphatic carbocycles. The van der Waals surface area contributed by atoms with Crippen LogP contribution in [0.3, 0.4) is 0 Å². The summed E-state index contributed by atoms with van der Waals surface area (Å²) in [6.45, 7) is 2.15. The van der Waals surface area contributed by atoms with E-state index in [1.165, 1.54) is 11.9 Å². The Kier molecular flexibility index (Phi) is 1.38. The molecule has 0 saturated carbocycles. The van der Waals surface area contributed by atoms with Gasteiger partial charge in [0.05, 0.1) is 10.9 Å². The summed E-state index contributed by atoms with van der Waals surface area (Å²) in [4.78, 5) is 0. The summed E-state index contributed by atoms with van der Waals surface area (Å²) in [5.74, 6) is 0.531. The van der Waals surface area contributed by atoms with Gasteiger partial charge in [-0.3, -0.25) is 0 Å². The number of hydrogen-bond donors (Lipinski definition) is 0. The summed E-state index contributed by atoms with van der Waals surface area (Å²) < 4.78 is 3.88. The normalized spacial score (nSPS) is 35.9. The fourth-order valence-corrected chi connectivity index (χ4v) is 1.73. The zero-order chi connectivity index (χ0) is 6.97. The van der Waals surface area contributed by atoms with Crippen LogP contribution in [0.15, 0.2) is 33.6 Å². The molecular weight excluding hydrogens is 144 g/mol. The molecule has 0 fully saturated rings. The molecule has 0 aromatic rings. The van der Waals surface area contributed by atoms with E-state index in [1.54, 1.807) is 0 Å². The van der Waals surface area contributed by atoms with E-state index in [0.717, 1.165) is 5.70 Å². The van der Waals surface area contributed by atoms with Crippen LogP contribution < -0.4 is 0 Å². The van der Waals surface area contributed by atoms with Gasteiger partial charge in [0.15, 0.2) is 0 Å². The van der Waals surface area contributed by atoms with Crippen LogP contribution in [0.25, 0.3) is 0 Å². The molecule has 0 saturated heterocycles. The third-order valence-corrected chi connectivity index (χ3v) is 2.43. The number of fused-ring (bicyclic) bond motifs is 1. The Balaban J connectivity index is 2.28. The van der Waals surface area contributed by atoms with Gasteiger partial charge in [0, 0.05) is 11.9 Å². The molecule has 0 radical (unpaired) electrons. The van der Waals surface area contributed by atoms with Crippen LogP contribution in [0.5, 0.6) is 0 Å². The monoisotopic (exact) mass is 152 g/mol. The third-order valence-electron chi connectivity index (χ3n) is 1.63. The van der Waals surface area contributed by atoms with E-state index in [1.807, 2.05) is 0 Å². The van der Waals surface area contributed by atoms with Gasteiger partial charge < -0.3 is 0 Å². The van der Waals surface area contributed by atoms with Gasteiger partial charge in [-0.15, -0.1) is 9.63 Å². The van der Waals surface area contributed by atoms with Gasteiger partial charge in [0.1, 0.15) is 0 Å². The van der Waals surface area contributed by atoms with Crippen LogP contribution in [0.2, 0.25) is 0 Å². The van der Waals surface area contributed by atoms with Crippen molar-refractivity contribution in [1.82, 2.24) is 0 Å². The van der Waals surface area contributed by atoms with Gasteiger partial charge in [0.25, 0.3) is 0 Å². The maximum atomic E-state index is 4.01. The lowest BCUT2D eigenvalue weighted by Crippen LogP contribution is -2.03. The molecule has 0 bridgehead atoms. The second kappa shape index (κ2) is 2.23. The minimum Gasteiger partial charge on any atom is -0.147 e. The fourth-order valence-electron chi connectivity index (χ4n) is 1.10. The minimum absolute atomic E-state index is 0.413. The van der Waals surface area contributed by atoms with Crippen molar-refractivity contribution < 1.29 is 0 Å². The van der Waals surface area contributed by atoms with E-state index >= 15 is 0 Å². The van der Waals surface area contributed by atoms with E-state index in [0.29, 0.717) is 11.2 Å². The number of rotatable bonds is 0. The maximum absolute atomic E-state index is 4.01. The van der Waals surface area contributed by atoms with Crippen LogP contribution in [0.1, 0.15) is 6.92 Å². The van der Waals surface area contributed by atoms with E-state index in [-0.39, 0.29) is 0 Å². The Morgan fingerprint density at radius 3 is 3.30 bits per heavy atom. The molecule has 0 aromatic heterocycles. The third kappa shape index (κ3) is 0.904. The van der Waals surface area contributed by atoms with E-state index in [2.05, 4.69) is 34.8 Å². The topological polar surface area (TPSA) is 24.7 Å². The molecule has 2 nitrogen and oxygen atoms in total. The van der Waals surface area contributed by atoms with Gasteiger partial charge >= 0.3 is 0 Å². The molecule has 0 amide bonds. The van der Waals surface area contributed by atoms with Crippen LogP contribution in [-0.2, 0) is 0 Å². The number of hydrogen-bond acceptors (Lipinski definition) is 3. The Morgan fingerprint density at radius 1 is 1.50 bits per heavy atom. The van der Waals surface area contributed by atoms with Gasteiger partial charge in [-0.05, 0) is 5.92 Å². The zero-order valence-electron chi connectivity index (χ0n) is 5.69.